The predicted molar refractivity (Wildman–Crippen MR) is 178 cm³/mol. The van der Waals surface area contributed by atoms with Gasteiger partial charge in [-0.15, -0.1) is 6.58 Å². The first kappa shape index (κ1) is 35.8. The van der Waals surface area contributed by atoms with Gasteiger partial charge in [0.1, 0.15) is 0 Å². The minimum Gasteiger partial charge on any atom is -0.469 e. The van der Waals surface area contributed by atoms with E-state index >= 15 is 0 Å². The van der Waals surface area contributed by atoms with Crippen LogP contribution in [0, 0.1) is 17.8 Å². The van der Waals surface area contributed by atoms with Crippen LogP contribution >= 0.6 is 0 Å². The molecule has 8 nitrogen and oxygen atoms in total. The highest BCUT2D eigenvalue weighted by Crippen LogP contribution is 2.52. The van der Waals surface area contributed by atoms with Crippen molar-refractivity contribution in [2.24, 2.45) is 17.8 Å². The normalized spacial score (nSPS) is 23.1. The van der Waals surface area contributed by atoms with E-state index in [1.165, 1.54) is 31.4 Å². The number of methoxy groups -OCH3 is 1. The van der Waals surface area contributed by atoms with Crippen LogP contribution in [0.3, 0.4) is 0 Å². The third kappa shape index (κ3) is 7.25. The van der Waals surface area contributed by atoms with Crippen LogP contribution in [0.1, 0.15) is 64.7 Å². The summed E-state index contributed by atoms with van der Waals surface area (Å²) in [5, 5.41) is 21.9. The Hall–Kier alpha value is -3.05. The predicted octanol–water partition coefficient (Wildman–Crippen LogP) is 5.97. The number of aliphatic hydroxyl groups is 2. The van der Waals surface area contributed by atoms with Gasteiger partial charge >= 0.3 is 5.97 Å². The summed E-state index contributed by atoms with van der Waals surface area (Å²) in [6.45, 7) is 5.85. The first-order valence-electron chi connectivity index (χ1n) is 15.9. The second kappa shape index (κ2) is 14.8. The number of unbranched alkanes of at least 4 members (excludes halogenated alkanes) is 1. The van der Waals surface area contributed by atoms with E-state index in [4.69, 9.17) is 4.74 Å². The topological polar surface area (TPSA) is 135 Å². The Morgan fingerprint density at radius 1 is 1.00 bits per heavy atom. The summed E-state index contributed by atoms with van der Waals surface area (Å²) < 4.78 is 60.9. The van der Waals surface area contributed by atoms with Gasteiger partial charge in [0.2, 0.25) is 0 Å². The number of aliphatic hydroxyl groups excluding tert-OH is 1. The quantitative estimate of drug-likeness (QED) is 0.165. The smallest absolute Gasteiger partial charge is 0.305 e. The number of carbonyl (C=O) groups excluding carboxylic acids is 1. The molecule has 1 fully saturated rings. The van der Waals surface area contributed by atoms with Gasteiger partial charge in [-0.2, -0.15) is 0 Å². The summed E-state index contributed by atoms with van der Waals surface area (Å²) in [5.41, 5.74) is -0.375. The van der Waals surface area contributed by atoms with Crippen LogP contribution in [0.15, 0.2) is 107 Å². The van der Waals surface area contributed by atoms with Crippen LogP contribution < -0.4 is 0 Å². The van der Waals surface area contributed by atoms with E-state index in [0.717, 1.165) is 12.8 Å². The van der Waals surface area contributed by atoms with Crippen molar-refractivity contribution < 1.29 is 36.6 Å². The van der Waals surface area contributed by atoms with E-state index < -0.39 is 54.3 Å². The maximum atomic E-state index is 14.6. The number of allylic oxidation sites excluding steroid dienone is 2. The van der Waals surface area contributed by atoms with Crippen molar-refractivity contribution in [3.63, 3.8) is 0 Å². The van der Waals surface area contributed by atoms with Crippen LogP contribution in [-0.2, 0) is 29.2 Å². The fourth-order valence-corrected chi connectivity index (χ4v) is 12.1. The van der Waals surface area contributed by atoms with Crippen molar-refractivity contribution in [2.75, 3.05) is 7.11 Å². The summed E-state index contributed by atoms with van der Waals surface area (Å²) >= 11 is 0. The average Bonchev–Trinajstić information content (AvgIpc) is 3.58. The molecule has 1 saturated carbocycles. The second-order valence-corrected chi connectivity index (χ2v) is 17.4. The molecule has 4 rings (SSSR count). The monoisotopic (exact) mass is 670 g/mol. The third-order valence-electron chi connectivity index (χ3n) is 9.64. The van der Waals surface area contributed by atoms with Gasteiger partial charge in [-0.3, -0.25) is 4.79 Å². The average molecular weight is 671 g/mol. The number of sulfone groups is 2. The number of hydrogen-bond acceptors (Lipinski definition) is 8. The molecule has 2 N–H and O–H groups in total. The van der Waals surface area contributed by atoms with Gasteiger partial charge in [0.25, 0.3) is 0 Å². The lowest BCUT2D eigenvalue weighted by Gasteiger charge is -2.34. The lowest BCUT2D eigenvalue weighted by Crippen LogP contribution is -2.47. The van der Waals surface area contributed by atoms with E-state index in [1.807, 2.05) is 18.2 Å². The number of benzene rings is 2. The van der Waals surface area contributed by atoms with Gasteiger partial charge in [-0.25, -0.2) is 16.8 Å². The number of esters is 1. The van der Waals surface area contributed by atoms with Gasteiger partial charge in [-0.05, 0) is 68.2 Å². The van der Waals surface area contributed by atoms with Crippen LogP contribution in [0.4, 0.5) is 0 Å². The molecule has 0 bridgehead atoms. The highest BCUT2D eigenvalue weighted by molar-refractivity contribution is 8.10. The van der Waals surface area contributed by atoms with Crippen molar-refractivity contribution in [3.05, 3.63) is 97.1 Å². The summed E-state index contributed by atoms with van der Waals surface area (Å²) in [7, 11) is -7.99. The second-order valence-electron chi connectivity index (χ2n) is 12.6. The van der Waals surface area contributed by atoms with Crippen molar-refractivity contribution in [2.45, 2.75) is 90.3 Å². The standard InChI is InChI=1S/C36H46O8S2/c1-4-6-20-35(39,5-2)21-13-18-31-32-24-27(23-28(32)25-33(31)37)26-36(22-19-34(38)44-3,45(40,41)29-14-9-7-10-15-29)46(42,43)30-16-11-8-12-17-30/h5,7-18,23,28,31-33,37,39H,2,4,6,19-22,24-26H2,1,3H3/b18-13+/t28-,31-,32-,33+,35?/m0/s1. The lowest BCUT2D eigenvalue weighted by atomic mass is 9.87. The summed E-state index contributed by atoms with van der Waals surface area (Å²) in [4.78, 5) is 12.1. The minimum absolute atomic E-state index is 0.0640. The molecule has 2 aliphatic rings. The number of carbonyl (C=O) groups is 1. The molecular formula is C36H46O8S2. The first-order chi connectivity index (χ1) is 21.8. The largest absolute Gasteiger partial charge is 0.469 e. The Balaban J connectivity index is 1.73. The third-order valence-corrected chi connectivity index (χ3v) is 15.4. The van der Waals surface area contributed by atoms with E-state index in [-0.39, 0.29) is 34.0 Å². The molecule has 0 amide bonds. The number of hydrogen-bond donors (Lipinski definition) is 2. The molecule has 10 heteroatoms. The zero-order valence-electron chi connectivity index (χ0n) is 26.6. The number of fused-ring (bicyclic) bond motifs is 1. The Morgan fingerprint density at radius 3 is 2.11 bits per heavy atom. The lowest BCUT2D eigenvalue weighted by molar-refractivity contribution is -0.140. The fraction of sp³-hybridized carbons (Fsp3) is 0.472. The maximum Gasteiger partial charge on any atom is 0.305 e. The summed E-state index contributed by atoms with van der Waals surface area (Å²) in [6.07, 6.45) is 9.03. The van der Waals surface area contributed by atoms with Gasteiger partial charge in [0, 0.05) is 18.8 Å². The van der Waals surface area contributed by atoms with Crippen molar-refractivity contribution in [1.29, 1.82) is 0 Å². The van der Waals surface area contributed by atoms with Gasteiger partial charge < -0.3 is 14.9 Å². The van der Waals surface area contributed by atoms with E-state index in [2.05, 4.69) is 13.5 Å². The molecule has 0 spiro atoms. The minimum atomic E-state index is -4.59. The molecule has 1 unspecified atom stereocenters. The molecule has 0 aromatic heterocycles. The van der Waals surface area contributed by atoms with Crippen LogP contribution in [0.25, 0.3) is 0 Å². The molecular weight excluding hydrogens is 625 g/mol. The molecule has 46 heavy (non-hydrogen) atoms. The highest BCUT2D eigenvalue weighted by atomic mass is 32.3. The Kier molecular flexibility index (Phi) is 11.5. The van der Waals surface area contributed by atoms with E-state index in [9.17, 15) is 31.8 Å². The van der Waals surface area contributed by atoms with Gasteiger partial charge in [0.15, 0.2) is 23.8 Å². The van der Waals surface area contributed by atoms with Crippen molar-refractivity contribution >= 4 is 25.6 Å². The Bertz CT molecular complexity index is 1560. The zero-order valence-corrected chi connectivity index (χ0v) is 28.3. The van der Waals surface area contributed by atoms with Crippen LogP contribution in [0.5, 0.6) is 0 Å². The molecule has 0 saturated heterocycles. The first-order valence-corrected chi connectivity index (χ1v) is 18.9. The zero-order chi connectivity index (χ0) is 33.6. The SMILES string of the molecule is C=CC(O)(C/C=C/[C@H]1[C@H]2CC(CC(CCC(=O)OC)(S(=O)(=O)c3ccccc3)S(=O)(=O)c3ccccc3)=C[C@H]2C[C@H]1O)CCCC. The molecule has 0 aliphatic heterocycles. The molecule has 2 aromatic rings. The van der Waals surface area contributed by atoms with E-state index in [0.29, 0.717) is 31.3 Å². The molecule has 0 heterocycles. The van der Waals surface area contributed by atoms with Gasteiger partial charge in [-0.1, -0.05) is 86.0 Å². The van der Waals surface area contributed by atoms with Crippen molar-refractivity contribution in [3.8, 4) is 0 Å². The summed E-state index contributed by atoms with van der Waals surface area (Å²) in [6, 6.07) is 15.0. The molecule has 2 aliphatic carbocycles. The van der Waals surface area contributed by atoms with Crippen molar-refractivity contribution in [1.82, 2.24) is 0 Å². The molecule has 0 radical (unpaired) electrons. The molecule has 5 atom stereocenters. The summed E-state index contributed by atoms with van der Waals surface area (Å²) in [5.74, 6) is -1.10. The number of ether oxygens (including phenoxy) is 1. The number of rotatable bonds is 16. The Morgan fingerprint density at radius 2 is 1.59 bits per heavy atom. The maximum absolute atomic E-state index is 14.6. The highest BCUT2D eigenvalue weighted by Gasteiger charge is 2.57. The molecule has 2 aromatic carbocycles. The fourth-order valence-electron chi connectivity index (χ4n) is 7.00. The molecule has 250 valence electrons. The van der Waals surface area contributed by atoms with E-state index in [1.54, 1.807) is 42.5 Å². The Labute approximate surface area is 273 Å². The van der Waals surface area contributed by atoms with Gasteiger partial charge in [0.05, 0.1) is 28.6 Å². The van der Waals surface area contributed by atoms with Crippen LogP contribution in [-0.4, -0.2) is 55.9 Å². The van der Waals surface area contributed by atoms with Crippen LogP contribution in [0.2, 0.25) is 0 Å².